The number of nitrogens with one attached hydrogen (secondary N) is 1. The molecule has 0 radical (unpaired) electrons. The number of methoxy groups -OCH3 is 1. The van der Waals surface area contributed by atoms with Crippen LogP contribution < -0.4 is 5.32 Å². The van der Waals surface area contributed by atoms with E-state index in [0.29, 0.717) is 0 Å². The minimum Gasteiger partial charge on any atom is -0.469 e. The topological polar surface area (TPSA) is 90.9 Å². The summed E-state index contributed by atoms with van der Waals surface area (Å²) in [6.45, 7) is 11.8. The third kappa shape index (κ3) is 7.85. The van der Waals surface area contributed by atoms with Gasteiger partial charge in [-0.1, -0.05) is 13.8 Å². The Bertz CT molecular complexity index is 427. The van der Waals surface area contributed by atoms with E-state index in [9.17, 15) is 14.4 Å². The Morgan fingerprint density at radius 2 is 1.57 bits per heavy atom. The lowest BCUT2D eigenvalue weighted by atomic mass is 9.87. The molecule has 0 saturated heterocycles. The molecule has 0 aromatic heterocycles. The van der Waals surface area contributed by atoms with Crippen LogP contribution >= 0.6 is 0 Å². The van der Waals surface area contributed by atoms with Crippen LogP contribution in [0.3, 0.4) is 0 Å². The summed E-state index contributed by atoms with van der Waals surface area (Å²) in [5.41, 5.74) is -0.655. The van der Waals surface area contributed by atoms with Crippen LogP contribution in [0.1, 0.15) is 48.5 Å². The first kappa shape index (κ1) is 21.2. The van der Waals surface area contributed by atoms with Gasteiger partial charge in [-0.05, 0) is 33.6 Å². The molecule has 0 aromatic carbocycles. The van der Waals surface area contributed by atoms with Gasteiger partial charge >= 0.3 is 18.0 Å². The number of esters is 2. The molecular weight excluding hydrogens is 302 g/mol. The van der Waals surface area contributed by atoms with Gasteiger partial charge in [0, 0.05) is 13.0 Å². The first-order valence-electron chi connectivity index (χ1n) is 7.63. The summed E-state index contributed by atoms with van der Waals surface area (Å²) in [6, 6.07) is -0.635. The molecule has 3 unspecified atom stereocenters. The van der Waals surface area contributed by atoms with Crippen LogP contribution in [0.4, 0.5) is 4.79 Å². The lowest BCUT2D eigenvalue weighted by Gasteiger charge is -2.32. The molecule has 7 nitrogen and oxygen atoms in total. The fourth-order valence-electron chi connectivity index (χ4n) is 2.16. The Hall–Kier alpha value is -1.79. The number of rotatable bonds is 6. The van der Waals surface area contributed by atoms with E-state index in [1.807, 2.05) is 13.8 Å². The van der Waals surface area contributed by atoms with Crippen molar-refractivity contribution in [3.63, 3.8) is 0 Å². The van der Waals surface area contributed by atoms with E-state index in [0.717, 1.165) is 0 Å². The van der Waals surface area contributed by atoms with Gasteiger partial charge in [0.25, 0.3) is 0 Å². The maximum absolute atomic E-state index is 12.1. The summed E-state index contributed by atoms with van der Waals surface area (Å²) >= 11 is 0. The first-order chi connectivity index (χ1) is 10.4. The quantitative estimate of drug-likeness (QED) is 0.593. The maximum Gasteiger partial charge on any atom is 0.407 e. The molecule has 0 aliphatic heterocycles. The monoisotopic (exact) mass is 331 g/mol. The number of hydrogen-bond donors (Lipinski definition) is 1. The van der Waals surface area contributed by atoms with Crippen molar-refractivity contribution in [2.45, 2.75) is 66.2 Å². The van der Waals surface area contributed by atoms with Gasteiger partial charge in [-0.3, -0.25) is 9.59 Å². The molecule has 134 valence electrons. The lowest BCUT2D eigenvalue weighted by Crippen LogP contribution is -2.50. The minimum atomic E-state index is -0.837. The van der Waals surface area contributed by atoms with E-state index < -0.39 is 41.7 Å². The lowest BCUT2D eigenvalue weighted by molar-refractivity contribution is -0.163. The van der Waals surface area contributed by atoms with Crippen LogP contribution in [-0.4, -0.2) is 42.9 Å². The fourth-order valence-corrected chi connectivity index (χ4v) is 2.16. The molecule has 1 N–H and O–H groups in total. The maximum atomic E-state index is 12.1. The molecular formula is C16H29NO6. The number of alkyl carbamates (subject to hydrolysis) is 1. The number of carbonyl (C=O) groups is 3. The highest BCUT2D eigenvalue weighted by Crippen LogP contribution is 2.22. The van der Waals surface area contributed by atoms with Gasteiger partial charge in [-0.15, -0.1) is 0 Å². The average Bonchev–Trinajstić information content (AvgIpc) is 2.34. The SMILES string of the molecule is COC(=O)C(C(C)NC(=O)OC(C)(C)C)C(OC(C)=O)C(C)C. The van der Waals surface area contributed by atoms with Gasteiger partial charge in [0.2, 0.25) is 0 Å². The van der Waals surface area contributed by atoms with Crippen molar-refractivity contribution in [2.24, 2.45) is 11.8 Å². The number of carbonyl (C=O) groups excluding carboxylic acids is 3. The molecule has 0 rings (SSSR count). The Balaban J connectivity index is 5.25. The second-order valence-corrected chi connectivity index (χ2v) is 6.80. The highest BCUT2D eigenvalue weighted by Gasteiger charge is 2.39. The van der Waals surface area contributed by atoms with Crippen LogP contribution in [0.5, 0.6) is 0 Å². The summed E-state index contributed by atoms with van der Waals surface area (Å²) in [5.74, 6) is -2.03. The zero-order valence-electron chi connectivity index (χ0n) is 15.3. The van der Waals surface area contributed by atoms with Crippen molar-refractivity contribution in [2.75, 3.05) is 7.11 Å². The van der Waals surface area contributed by atoms with Crippen molar-refractivity contribution in [3.8, 4) is 0 Å². The summed E-state index contributed by atoms with van der Waals surface area (Å²) in [6.07, 6.45) is -1.37. The van der Waals surface area contributed by atoms with E-state index in [1.165, 1.54) is 14.0 Å². The summed E-state index contributed by atoms with van der Waals surface area (Å²) < 4.78 is 15.3. The normalized spacial score (nSPS) is 15.3. The predicted octanol–water partition coefficient (Wildman–Crippen LogP) is 2.28. The summed E-state index contributed by atoms with van der Waals surface area (Å²) in [7, 11) is 1.25. The van der Waals surface area contributed by atoms with E-state index in [4.69, 9.17) is 14.2 Å². The van der Waals surface area contributed by atoms with Gasteiger partial charge in [-0.2, -0.15) is 0 Å². The molecule has 7 heteroatoms. The van der Waals surface area contributed by atoms with E-state index in [-0.39, 0.29) is 5.92 Å². The first-order valence-corrected chi connectivity index (χ1v) is 7.63. The second kappa shape index (κ2) is 8.74. The Morgan fingerprint density at radius 3 is 1.91 bits per heavy atom. The smallest absolute Gasteiger partial charge is 0.407 e. The predicted molar refractivity (Wildman–Crippen MR) is 84.7 cm³/mol. The zero-order valence-corrected chi connectivity index (χ0v) is 15.3. The molecule has 0 aliphatic carbocycles. The largest absolute Gasteiger partial charge is 0.469 e. The summed E-state index contributed by atoms with van der Waals surface area (Å²) in [5, 5.41) is 2.61. The van der Waals surface area contributed by atoms with Crippen molar-refractivity contribution < 1.29 is 28.6 Å². The Kier molecular flexibility index (Phi) is 8.06. The fraction of sp³-hybridized carbons (Fsp3) is 0.812. The van der Waals surface area contributed by atoms with Crippen molar-refractivity contribution in [1.82, 2.24) is 5.32 Å². The number of amides is 1. The van der Waals surface area contributed by atoms with Crippen LogP contribution in [-0.2, 0) is 23.8 Å². The number of ether oxygens (including phenoxy) is 3. The molecule has 0 aromatic rings. The molecule has 0 spiro atoms. The molecule has 0 aliphatic rings. The van der Waals surface area contributed by atoms with E-state index >= 15 is 0 Å². The van der Waals surface area contributed by atoms with Gasteiger partial charge in [0.15, 0.2) is 0 Å². The zero-order chi connectivity index (χ0) is 18.4. The van der Waals surface area contributed by atoms with Gasteiger partial charge in [-0.25, -0.2) is 4.79 Å². The third-order valence-electron chi connectivity index (χ3n) is 3.07. The van der Waals surface area contributed by atoms with Crippen molar-refractivity contribution in [1.29, 1.82) is 0 Å². The molecule has 0 bridgehead atoms. The Morgan fingerprint density at radius 1 is 1.04 bits per heavy atom. The molecule has 23 heavy (non-hydrogen) atoms. The van der Waals surface area contributed by atoms with Crippen molar-refractivity contribution >= 4 is 18.0 Å². The highest BCUT2D eigenvalue weighted by atomic mass is 16.6. The van der Waals surface area contributed by atoms with E-state index in [1.54, 1.807) is 27.7 Å². The van der Waals surface area contributed by atoms with Crippen LogP contribution in [0.2, 0.25) is 0 Å². The molecule has 0 fully saturated rings. The molecule has 0 heterocycles. The third-order valence-corrected chi connectivity index (χ3v) is 3.07. The van der Waals surface area contributed by atoms with Gasteiger partial charge in [0.1, 0.15) is 17.6 Å². The van der Waals surface area contributed by atoms with E-state index in [2.05, 4.69) is 5.32 Å². The minimum absolute atomic E-state index is 0.133. The molecule has 1 amide bonds. The summed E-state index contributed by atoms with van der Waals surface area (Å²) in [4.78, 5) is 35.4. The van der Waals surface area contributed by atoms with Crippen LogP contribution in [0.15, 0.2) is 0 Å². The van der Waals surface area contributed by atoms with Crippen LogP contribution in [0, 0.1) is 11.8 Å². The van der Waals surface area contributed by atoms with Crippen molar-refractivity contribution in [3.05, 3.63) is 0 Å². The highest BCUT2D eigenvalue weighted by molar-refractivity contribution is 5.76. The Labute approximate surface area is 138 Å². The second-order valence-electron chi connectivity index (χ2n) is 6.80. The van der Waals surface area contributed by atoms with Gasteiger partial charge in [0.05, 0.1) is 7.11 Å². The average molecular weight is 331 g/mol. The molecule has 0 saturated carbocycles. The standard InChI is InChI=1S/C16H29NO6/c1-9(2)13(22-11(4)18)12(14(19)21-8)10(3)17-15(20)23-16(5,6)7/h9-10,12-13H,1-8H3,(H,17,20). The van der Waals surface area contributed by atoms with Gasteiger partial charge < -0.3 is 19.5 Å². The van der Waals surface area contributed by atoms with Crippen LogP contribution in [0.25, 0.3) is 0 Å². The molecule has 3 atom stereocenters. The number of hydrogen-bond acceptors (Lipinski definition) is 6.